The van der Waals surface area contributed by atoms with Gasteiger partial charge < -0.3 is 4.74 Å². The third-order valence-corrected chi connectivity index (χ3v) is 3.20. The smallest absolute Gasteiger partial charge is 0.105 e. The molecule has 106 valence electrons. The van der Waals surface area contributed by atoms with Crippen LogP contribution >= 0.6 is 0 Å². The molecule has 18 heavy (non-hydrogen) atoms. The van der Waals surface area contributed by atoms with Crippen molar-refractivity contribution in [3.8, 4) is 0 Å². The number of rotatable bonds is 14. The first-order valence-electron chi connectivity index (χ1n) is 7.79. The lowest BCUT2D eigenvalue weighted by Crippen LogP contribution is -1.82. The predicted molar refractivity (Wildman–Crippen MR) is 81.8 cm³/mol. The van der Waals surface area contributed by atoms with Gasteiger partial charge in [0.05, 0.1) is 6.26 Å². The third kappa shape index (κ3) is 15.3. The first-order valence-corrected chi connectivity index (χ1v) is 7.79. The van der Waals surface area contributed by atoms with E-state index < -0.39 is 0 Å². The van der Waals surface area contributed by atoms with Crippen molar-refractivity contribution in [1.29, 1.82) is 0 Å². The average Bonchev–Trinajstić information content (AvgIpc) is 2.39. The Hall–Kier alpha value is -0.720. The minimum Gasteiger partial charge on any atom is -0.498 e. The highest BCUT2D eigenvalue weighted by molar-refractivity contribution is 4.81. The number of allylic oxidation sites excluding steroid dienone is 1. The number of unbranched alkanes of at least 4 members (excludes halogenated alkanes) is 10. The van der Waals surface area contributed by atoms with Crippen LogP contribution < -0.4 is 0 Å². The molecule has 0 rings (SSSR count). The maximum absolute atomic E-state index is 5.01. The van der Waals surface area contributed by atoms with Crippen molar-refractivity contribution in [3.05, 3.63) is 25.0 Å². The van der Waals surface area contributed by atoms with E-state index in [1.165, 1.54) is 76.9 Å². The lowest BCUT2D eigenvalue weighted by Gasteiger charge is -2.01. The lowest BCUT2D eigenvalue weighted by atomic mass is 10.1. The summed E-state index contributed by atoms with van der Waals surface area (Å²) in [6.07, 6.45) is 21.0. The van der Waals surface area contributed by atoms with Gasteiger partial charge in [0.25, 0.3) is 0 Å². The van der Waals surface area contributed by atoms with Gasteiger partial charge in [-0.2, -0.15) is 0 Å². The normalized spacial score (nSPS) is 10.9. The van der Waals surface area contributed by atoms with Crippen LogP contribution in [-0.2, 0) is 4.74 Å². The number of hydrogen-bond acceptors (Lipinski definition) is 1. The topological polar surface area (TPSA) is 9.23 Å². The molecule has 1 nitrogen and oxygen atoms in total. The molecular formula is C17H32O. The van der Waals surface area contributed by atoms with E-state index in [2.05, 4.69) is 25.7 Å². The molecule has 0 saturated carbocycles. The van der Waals surface area contributed by atoms with E-state index in [-0.39, 0.29) is 0 Å². The van der Waals surface area contributed by atoms with Crippen LogP contribution in [0.15, 0.2) is 25.0 Å². The highest BCUT2D eigenvalue weighted by Gasteiger charge is 1.91. The van der Waals surface area contributed by atoms with E-state index in [1.807, 2.05) is 0 Å². The van der Waals surface area contributed by atoms with Crippen LogP contribution in [0.1, 0.15) is 77.6 Å². The SMILES string of the molecule is C=COCC=CCCCCCCCCCCCC. The summed E-state index contributed by atoms with van der Waals surface area (Å²) in [5.41, 5.74) is 0. The number of hydrogen-bond donors (Lipinski definition) is 0. The van der Waals surface area contributed by atoms with Crippen molar-refractivity contribution in [2.75, 3.05) is 6.61 Å². The fraction of sp³-hybridized carbons (Fsp3) is 0.765. The number of ether oxygens (including phenoxy) is 1. The van der Waals surface area contributed by atoms with Crippen molar-refractivity contribution < 1.29 is 4.74 Å². The lowest BCUT2D eigenvalue weighted by molar-refractivity contribution is 0.291. The summed E-state index contributed by atoms with van der Waals surface area (Å²) in [6, 6.07) is 0. The molecule has 0 bridgehead atoms. The van der Waals surface area contributed by atoms with Gasteiger partial charge in [-0.1, -0.05) is 83.4 Å². The van der Waals surface area contributed by atoms with Gasteiger partial charge in [-0.3, -0.25) is 0 Å². The molecule has 0 unspecified atom stereocenters. The molecule has 0 aliphatic carbocycles. The molecule has 0 N–H and O–H groups in total. The quantitative estimate of drug-likeness (QED) is 0.209. The van der Waals surface area contributed by atoms with E-state index in [4.69, 9.17) is 4.74 Å². The molecular weight excluding hydrogens is 220 g/mol. The zero-order valence-electron chi connectivity index (χ0n) is 12.3. The summed E-state index contributed by atoms with van der Waals surface area (Å²) in [5.74, 6) is 0. The van der Waals surface area contributed by atoms with Crippen molar-refractivity contribution >= 4 is 0 Å². The molecule has 0 spiro atoms. The van der Waals surface area contributed by atoms with Crippen LogP contribution in [0.2, 0.25) is 0 Å². The molecule has 0 aromatic carbocycles. The Morgan fingerprint density at radius 1 is 0.778 bits per heavy atom. The van der Waals surface area contributed by atoms with Crippen molar-refractivity contribution in [2.45, 2.75) is 77.6 Å². The molecule has 0 aromatic heterocycles. The van der Waals surface area contributed by atoms with E-state index in [0.717, 1.165) is 0 Å². The Kier molecular flexibility index (Phi) is 15.6. The molecule has 0 atom stereocenters. The standard InChI is InChI=1S/C17H32O/c1-3-5-6-7-8-9-10-11-12-13-14-15-16-17-18-4-2/h4,15-16H,2-3,5-14,17H2,1H3. The molecule has 0 aliphatic heterocycles. The van der Waals surface area contributed by atoms with Crippen LogP contribution in [-0.4, -0.2) is 6.61 Å². The second-order valence-corrected chi connectivity index (χ2v) is 4.94. The largest absolute Gasteiger partial charge is 0.498 e. The highest BCUT2D eigenvalue weighted by atomic mass is 16.5. The maximum atomic E-state index is 5.01. The maximum Gasteiger partial charge on any atom is 0.105 e. The highest BCUT2D eigenvalue weighted by Crippen LogP contribution is 2.11. The summed E-state index contributed by atoms with van der Waals surface area (Å²) < 4.78 is 5.01. The predicted octanol–water partition coefficient (Wildman–Crippen LogP) is 6.01. The van der Waals surface area contributed by atoms with Gasteiger partial charge in [0, 0.05) is 0 Å². The summed E-state index contributed by atoms with van der Waals surface area (Å²) >= 11 is 0. The zero-order valence-corrected chi connectivity index (χ0v) is 12.3. The van der Waals surface area contributed by atoms with Gasteiger partial charge in [0.2, 0.25) is 0 Å². The Labute approximate surface area is 114 Å². The van der Waals surface area contributed by atoms with E-state index in [1.54, 1.807) is 0 Å². The fourth-order valence-electron chi connectivity index (χ4n) is 2.06. The van der Waals surface area contributed by atoms with E-state index in [9.17, 15) is 0 Å². The Morgan fingerprint density at radius 3 is 1.89 bits per heavy atom. The van der Waals surface area contributed by atoms with Gasteiger partial charge in [-0.15, -0.1) is 0 Å². The van der Waals surface area contributed by atoms with Crippen molar-refractivity contribution in [2.24, 2.45) is 0 Å². The summed E-state index contributed by atoms with van der Waals surface area (Å²) in [5, 5.41) is 0. The van der Waals surface area contributed by atoms with Crippen LogP contribution in [0.25, 0.3) is 0 Å². The summed E-state index contributed by atoms with van der Waals surface area (Å²) in [4.78, 5) is 0. The second-order valence-electron chi connectivity index (χ2n) is 4.94. The minimum absolute atomic E-state index is 0.668. The molecule has 0 aromatic rings. The molecule has 0 fully saturated rings. The van der Waals surface area contributed by atoms with Gasteiger partial charge >= 0.3 is 0 Å². The summed E-state index contributed by atoms with van der Waals surface area (Å²) in [7, 11) is 0. The minimum atomic E-state index is 0.668. The third-order valence-electron chi connectivity index (χ3n) is 3.20. The molecule has 1 heteroatoms. The Balaban J connectivity index is 2.98. The fourth-order valence-corrected chi connectivity index (χ4v) is 2.06. The van der Waals surface area contributed by atoms with Crippen LogP contribution in [0.4, 0.5) is 0 Å². The molecule has 0 radical (unpaired) electrons. The molecule has 0 aliphatic rings. The van der Waals surface area contributed by atoms with Gasteiger partial charge in [-0.25, -0.2) is 0 Å². The van der Waals surface area contributed by atoms with Crippen LogP contribution in [0.5, 0.6) is 0 Å². The van der Waals surface area contributed by atoms with Gasteiger partial charge in [0.1, 0.15) is 6.61 Å². The summed E-state index contributed by atoms with van der Waals surface area (Å²) in [6.45, 7) is 6.45. The van der Waals surface area contributed by atoms with E-state index >= 15 is 0 Å². The average molecular weight is 252 g/mol. The van der Waals surface area contributed by atoms with E-state index in [0.29, 0.717) is 6.61 Å². The first kappa shape index (κ1) is 17.3. The zero-order chi connectivity index (χ0) is 13.3. The second kappa shape index (κ2) is 16.3. The van der Waals surface area contributed by atoms with Gasteiger partial charge in [-0.05, 0) is 12.8 Å². The van der Waals surface area contributed by atoms with Crippen molar-refractivity contribution in [3.63, 3.8) is 0 Å². The Bertz CT molecular complexity index is 184. The van der Waals surface area contributed by atoms with Crippen LogP contribution in [0, 0.1) is 0 Å². The first-order chi connectivity index (χ1) is 8.91. The molecule has 0 amide bonds. The monoisotopic (exact) mass is 252 g/mol. The van der Waals surface area contributed by atoms with Crippen LogP contribution in [0.3, 0.4) is 0 Å². The molecule has 0 heterocycles. The molecule has 0 saturated heterocycles. The Morgan fingerprint density at radius 2 is 1.33 bits per heavy atom. The van der Waals surface area contributed by atoms with Gasteiger partial charge in [0.15, 0.2) is 0 Å². The van der Waals surface area contributed by atoms with Crippen molar-refractivity contribution in [1.82, 2.24) is 0 Å².